The van der Waals surface area contributed by atoms with Crippen LogP contribution in [0.2, 0.25) is 0 Å². The van der Waals surface area contributed by atoms with E-state index in [4.69, 9.17) is 4.74 Å². The van der Waals surface area contributed by atoms with Crippen molar-refractivity contribution in [1.29, 1.82) is 0 Å². The standard InChI is InChI=1S/C21H27N3O2/c1-22-15-16-10-12-24(13-11-16)21(25)19-8-3-4-9-20(19)23-17-6-5-7-18(14-17)26-2/h3-9,14,16,22-23H,10-13,15H2,1-2H3. The lowest BCUT2D eigenvalue weighted by molar-refractivity contribution is 0.0692. The Hall–Kier alpha value is -2.53. The summed E-state index contributed by atoms with van der Waals surface area (Å²) < 4.78 is 5.28. The van der Waals surface area contributed by atoms with Gasteiger partial charge in [0.25, 0.3) is 5.91 Å². The SMILES string of the molecule is CNCC1CCN(C(=O)c2ccccc2Nc2cccc(OC)c2)CC1. The Balaban J connectivity index is 1.73. The Labute approximate surface area is 155 Å². The normalized spacial score (nSPS) is 14.9. The predicted molar refractivity (Wildman–Crippen MR) is 105 cm³/mol. The smallest absolute Gasteiger partial charge is 0.255 e. The molecule has 0 saturated carbocycles. The Kier molecular flexibility index (Phi) is 6.12. The molecule has 5 heteroatoms. The van der Waals surface area contributed by atoms with E-state index in [-0.39, 0.29) is 5.91 Å². The topological polar surface area (TPSA) is 53.6 Å². The molecule has 26 heavy (non-hydrogen) atoms. The summed E-state index contributed by atoms with van der Waals surface area (Å²) in [4.78, 5) is 15.0. The van der Waals surface area contributed by atoms with Gasteiger partial charge in [0, 0.05) is 24.8 Å². The van der Waals surface area contributed by atoms with Crippen LogP contribution in [0.25, 0.3) is 0 Å². The van der Waals surface area contributed by atoms with E-state index in [1.165, 1.54) is 0 Å². The van der Waals surface area contributed by atoms with Crippen LogP contribution in [0.1, 0.15) is 23.2 Å². The molecule has 0 aliphatic carbocycles. The zero-order valence-electron chi connectivity index (χ0n) is 15.5. The minimum atomic E-state index is 0.0962. The van der Waals surface area contributed by atoms with E-state index in [0.29, 0.717) is 11.5 Å². The second kappa shape index (κ2) is 8.72. The quantitative estimate of drug-likeness (QED) is 0.834. The Morgan fingerprint density at radius 1 is 1.15 bits per heavy atom. The van der Waals surface area contributed by atoms with Crippen molar-refractivity contribution in [2.75, 3.05) is 39.1 Å². The zero-order valence-corrected chi connectivity index (χ0v) is 15.5. The number of likely N-dealkylation sites (tertiary alicyclic amines) is 1. The van der Waals surface area contributed by atoms with Crippen LogP contribution in [0.4, 0.5) is 11.4 Å². The molecule has 2 N–H and O–H groups in total. The van der Waals surface area contributed by atoms with E-state index in [2.05, 4.69) is 10.6 Å². The van der Waals surface area contributed by atoms with E-state index in [9.17, 15) is 4.79 Å². The molecule has 0 aromatic heterocycles. The highest BCUT2D eigenvalue weighted by Gasteiger charge is 2.24. The van der Waals surface area contributed by atoms with Gasteiger partial charge in [0.1, 0.15) is 5.75 Å². The van der Waals surface area contributed by atoms with Crippen LogP contribution in [0.5, 0.6) is 5.75 Å². The van der Waals surface area contributed by atoms with Crippen LogP contribution in [0.15, 0.2) is 48.5 Å². The molecule has 5 nitrogen and oxygen atoms in total. The van der Waals surface area contributed by atoms with Crippen LogP contribution in [0.3, 0.4) is 0 Å². The van der Waals surface area contributed by atoms with E-state index >= 15 is 0 Å². The molecule has 0 radical (unpaired) electrons. The third kappa shape index (κ3) is 4.35. The van der Waals surface area contributed by atoms with Crippen molar-refractivity contribution >= 4 is 17.3 Å². The fraction of sp³-hybridized carbons (Fsp3) is 0.381. The first-order valence-corrected chi connectivity index (χ1v) is 9.15. The highest BCUT2D eigenvalue weighted by Crippen LogP contribution is 2.26. The molecule has 138 valence electrons. The monoisotopic (exact) mass is 353 g/mol. The number of methoxy groups -OCH3 is 1. The number of para-hydroxylation sites is 1. The van der Waals surface area contributed by atoms with E-state index in [1.807, 2.05) is 60.5 Å². The van der Waals surface area contributed by atoms with Gasteiger partial charge in [-0.15, -0.1) is 0 Å². The lowest BCUT2D eigenvalue weighted by atomic mass is 9.96. The molecule has 0 unspecified atom stereocenters. The molecule has 2 aromatic carbocycles. The molecular formula is C21H27N3O2. The first kappa shape index (κ1) is 18.3. The third-order valence-corrected chi connectivity index (χ3v) is 4.90. The fourth-order valence-corrected chi connectivity index (χ4v) is 3.43. The number of piperidine rings is 1. The molecule has 1 aliphatic heterocycles. The molecule has 1 saturated heterocycles. The first-order valence-electron chi connectivity index (χ1n) is 9.15. The number of carbonyl (C=O) groups excluding carboxylic acids is 1. The summed E-state index contributed by atoms with van der Waals surface area (Å²) in [6.45, 7) is 2.66. The third-order valence-electron chi connectivity index (χ3n) is 4.90. The van der Waals surface area contributed by atoms with Gasteiger partial charge >= 0.3 is 0 Å². The van der Waals surface area contributed by atoms with Crippen molar-refractivity contribution in [2.24, 2.45) is 5.92 Å². The largest absolute Gasteiger partial charge is 0.497 e. The van der Waals surface area contributed by atoms with Crippen molar-refractivity contribution in [3.63, 3.8) is 0 Å². The number of carbonyl (C=O) groups is 1. The van der Waals surface area contributed by atoms with Crippen LogP contribution in [0, 0.1) is 5.92 Å². The second-order valence-electron chi connectivity index (χ2n) is 6.70. The molecule has 0 spiro atoms. The summed E-state index contributed by atoms with van der Waals surface area (Å²) in [7, 11) is 3.63. The number of nitrogens with one attached hydrogen (secondary N) is 2. The van der Waals surface area contributed by atoms with Gasteiger partial charge in [0.15, 0.2) is 0 Å². The molecular weight excluding hydrogens is 326 g/mol. The van der Waals surface area contributed by atoms with Gasteiger partial charge < -0.3 is 20.3 Å². The molecule has 0 bridgehead atoms. The number of benzene rings is 2. The van der Waals surface area contributed by atoms with Gasteiger partial charge in [-0.05, 0) is 56.6 Å². The zero-order chi connectivity index (χ0) is 18.4. The molecule has 3 rings (SSSR count). The maximum atomic E-state index is 13.0. The van der Waals surface area contributed by atoms with Crippen molar-refractivity contribution in [1.82, 2.24) is 10.2 Å². The number of amides is 1. The van der Waals surface area contributed by atoms with Crippen LogP contribution in [-0.4, -0.2) is 44.6 Å². The Morgan fingerprint density at radius 2 is 1.92 bits per heavy atom. The first-order chi connectivity index (χ1) is 12.7. The molecule has 1 amide bonds. The summed E-state index contributed by atoms with van der Waals surface area (Å²) in [6.07, 6.45) is 2.11. The van der Waals surface area contributed by atoms with Crippen molar-refractivity contribution in [3.8, 4) is 5.75 Å². The maximum Gasteiger partial charge on any atom is 0.255 e. The summed E-state index contributed by atoms with van der Waals surface area (Å²) in [6, 6.07) is 15.4. The van der Waals surface area contributed by atoms with Gasteiger partial charge in [-0.25, -0.2) is 0 Å². The highest BCUT2D eigenvalue weighted by molar-refractivity contribution is 6.00. The Bertz CT molecular complexity index is 740. The predicted octanol–water partition coefficient (Wildman–Crippen LogP) is 3.51. The van der Waals surface area contributed by atoms with Crippen LogP contribution >= 0.6 is 0 Å². The summed E-state index contributed by atoms with van der Waals surface area (Å²) in [5, 5.41) is 6.59. The van der Waals surface area contributed by atoms with E-state index in [0.717, 1.165) is 49.6 Å². The van der Waals surface area contributed by atoms with Gasteiger partial charge in [0.2, 0.25) is 0 Å². The lowest BCUT2D eigenvalue weighted by Gasteiger charge is -2.32. The average Bonchev–Trinajstić information content (AvgIpc) is 2.69. The number of nitrogens with zero attached hydrogens (tertiary/aromatic N) is 1. The summed E-state index contributed by atoms with van der Waals surface area (Å²) in [5.74, 6) is 1.54. The van der Waals surface area contributed by atoms with Gasteiger partial charge in [-0.3, -0.25) is 4.79 Å². The second-order valence-corrected chi connectivity index (χ2v) is 6.70. The van der Waals surface area contributed by atoms with Crippen LogP contribution < -0.4 is 15.4 Å². The van der Waals surface area contributed by atoms with Crippen molar-refractivity contribution < 1.29 is 9.53 Å². The number of hydrogen-bond acceptors (Lipinski definition) is 4. The number of hydrogen-bond donors (Lipinski definition) is 2. The highest BCUT2D eigenvalue weighted by atomic mass is 16.5. The van der Waals surface area contributed by atoms with Crippen LogP contribution in [-0.2, 0) is 0 Å². The van der Waals surface area contributed by atoms with E-state index < -0.39 is 0 Å². The molecule has 1 aliphatic rings. The molecule has 1 heterocycles. The van der Waals surface area contributed by atoms with Gasteiger partial charge in [-0.1, -0.05) is 18.2 Å². The summed E-state index contributed by atoms with van der Waals surface area (Å²) in [5.41, 5.74) is 2.43. The minimum absolute atomic E-state index is 0.0962. The molecule has 0 atom stereocenters. The number of ether oxygens (including phenoxy) is 1. The van der Waals surface area contributed by atoms with Gasteiger partial charge in [-0.2, -0.15) is 0 Å². The maximum absolute atomic E-state index is 13.0. The summed E-state index contributed by atoms with van der Waals surface area (Å²) >= 11 is 0. The lowest BCUT2D eigenvalue weighted by Crippen LogP contribution is -2.40. The number of rotatable bonds is 6. The molecule has 1 fully saturated rings. The van der Waals surface area contributed by atoms with Crippen molar-refractivity contribution in [2.45, 2.75) is 12.8 Å². The van der Waals surface area contributed by atoms with E-state index in [1.54, 1.807) is 7.11 Å². The van der Waals surface area contributed by atoms with Gasteiger partial charge in [0.05, 0.1) is 18.4 Å². The molecule has 2 aromatic rings. The fourth-order valence-electron chi connectivity index (χ4n) is 3.43. The minimum Gasteiger partial charge on any atom is -0.497 e. The Morgan fingerprint density at radius 3 is 2.65 bits per heavy atom. The average molecular weight is 353 g/mol. The number of anilines is 2. The van der Waals surface area contributed by atoms with Crippen molar-refractivity contribution in [3.05, 3.63) is 54.1 Å².